The molecule has 4 nitrogen and oxygen atoms in total. The van der Waals surface area contributed by atoms with Gasteiger partial charge in [-0.1, -0.05) is 18.2 Å². The molecule has 0 aliphatic heterocycles. The third-order valence-electron chi connectivity index (χ3n) is 2.97. The van der Waals surface area contributed by atoms with Crippen molar-refractivity contribution in [3.8, 4) is 5.75 Å². The van der Waals surface area contributed by atoms with Crippen LogP contribution in [0.3, 0.4) is 0 Å². The highest BCUT2D eigenvalue weighted by Crippen LogP contribution is 2.14. The van der Waals surface area contributed by atoms with Gasteiger partial charge >= 0.3 is 0 Å². The third kappa shape index (κ3) is 4.64. The van der Waals surface area contributed by atoms with E-state index in [0.29, 0.717) is 13.2 Å². The monoisotopic (exact) mass is 272 g/mol. The van der Waals surface area contributed by atoms with Crippen molar-refractivity contribution in [2.75, 3.05) is 20.2 Å². The van der Waals surface area contributed by atoms with Crippen LogP contribution in [-0.2, 0) is 13.2 Å². The zero-order chi connectivity index (χ0) is 14.2. The normalized spacial score (nSPS) is 10.8. The largest absolute Gasteiger partial charge is 0.487 e. The third-order valence-corrected chi connectivity index (χ3v) is 2.97. The Bertz CT molecular complexity index is 500. The van der Waals surface area contributed by atoms with Gasteiger partial charge in [0.25, 0.3) is 0 Å². The van der Waals surface area contributed by atoms with Gasteiger partial charge < -0.3 is 9.84 Å². The van der Waals surface area contributed by atoms with Crippen molar-refractivity contribution in [1.82, 2.24) is 9.88 Å². The molecule has 0 unspecified atom stereocenters. The summed E-state index contributed by atoms with van der Waals surface area (Å²) in [7, 11) is 1.99. The Kier molecular flexibility index (Phi) is 5.53. The standard InChI is InChI=1S/C16H20N2O2/c1-18(10-11-19)12-14-5-7-16(8-6-14)20-13-15-4-2-3-9-17-15/h2-9,19H,10-13H2,1H3. The van der Waals surface area contributed by atoms with Crippen LogP contribution in [-0.4, -0.2) is 35.2 Å². The van der Waals surface area contributed by atoms with Crippen molar-refractivity contribution in [2.24, 2.45) is 0 Å². The van der Waals surface area contributed by atoms with E-state index in [1.165, 1.54) is 5.56 Å². The quantitative estimate of drug-likeness (QED) is 0.838. The van der Waals surface area contributed by atoms with Crippen molar-refractivity contribution in [3.05, 3.63) is 59.9 Å². The number of rotatable bonds is 7. The fourth-order valence-corrected chi connectivity index (χ4v) is 1.89. The molecular formula is C16H20N2O2. The van der Waals surface area contributed by atoms with E-state index < -0.39 is 0 Å². The molecule has 1 aromatic heterocycles. The second kappa shape index (κ2) is 7.62. The number of ether oxygens (including phenoxy) is 1. The number of aliphatic hydroxyl groups excluding tert-OH is 1. The molecule has 106 valence electrons. The molecule has 0 saturated heterocycles. The first-order valence-electron chi connectivity index (χ1n) is 6.69. The van der Waals surface area contributed by atoms with Crippen molar-refractivity contribution in [3.63, 3.8) is 0 Å². The first-order chi connectivity index (χ1) is 9.78. The number of hydrogen-bond donors (Lipinski definition) is 1. The van der Waals surface area contributed by atoms with Gasteiger partial charge in [0.15, 0.2) is 0 Å². The number of aromatic nitrogens is 1. The van der Waals surface area contributed by atoms with Crippen molar-refractivity contribution in [1.29, 1.82) is 0 Å². The molecule has 1 aromatic carbocycles. The molecule has 1 N–H and O–H groups in total. The highest BCUT2D eigenvalue weighted by Gasteiger charge is 2.01. The lowest BCUT2D eigenvalue weighted by Gasteiger charge is -2.15. The van der Waals surface area contributed by atoms with Crippen LogP contribution in [0.5, 0.6) is 5.75 Å². The summed E-state index contributed by atoms with van der Waals surface area (Å²) >= 11 is 0. The van der Waals surface area contributed by atoms with Gasteiger partial charge in [-0.2, -0.15) is 0 Å². The molecular weight excluding hydrogens is 252 g/mol. The molecule has 2 rings (SSSR count). The predicted molar refractivity (Wildman–Crippen MR) is 78.4 cm³/mol. The fraction of sp³-hybridized carbons (Fsp3) is 0.312. The number of hydrogen-bond acceptors (Lipinski definition) is 4. The molecule has 0 fully saturated rings. The first-order valence-corrected chi connectivity index (χ1v) is 6.69. The van der Waals surface area contributed by atoms with Gasteiger partial charge in [-0.25, -0.2) is 0 Å². The summed E-state index contributed by atoms with van der Waals surface area (Å²) in [6, 6.07) is 13.8. The lowest BCUT2D eigenvalue weighted by molar-refractivity contribution is 0.217. The van der Waals surface area contributed by atoms with Crippen molar-refractivity contribution < 1.29 is 9.84 Å². The smallest absolute Gasteiger partial charge is 0.130 e. The molecule has 1 heterocycles. The van der Waals surface area contributed by atoms with Gasteiger partial charge in [-0.15, -0.1) is 0 Å². The second-order valence-electron chi connectivity index (χ2n) is 4.72. The molecule has 0 saturated carbocycles. The fourth-order valence-electron chi connectivity index (χ4n) is 1.89. The number of pyridine rings is 1. The highest BCUT2D eigenvalue weighted by atomic mass is 16.5. The molecule has 0 bridgehead atoms. The van der Waals surface area contributed by atoms with E-state index in [0.717, 1.165) is 18.0 Å². The van der Waals surface area contributed by atoms with Gasteiger partial charge in [0, 0.05) is 19.3 Å². The van der Waals surface area contributed by atoms with Crippen molar-refractivity contribution in [2.45, 2.75) is 13.2 Å². The average molecular weight is 272 g/mol. The summed E-state index contributed by atoms with van der Waals surface area (Å²) in [5, 5.41) is 8.87. The van der Waals surface area contributed by atoms with Gasteiger partial charge in [-0.3, -0.25) is 9.88 Å². The molecule has 0 amide bonds. The highest BCUT2D eigenvalue weighted by molar-refractivity contribution is 5.27. The summed E-state index contributed by atoms with van der Waals surface area (Å²) in [6.45, 7) is 2.16. The first kappa shape index (κ1) is 14.5. The Morgan fingerprint density at radius 1 is 1.15 bits per heavy atom. The van der Waals surface area contributed by atoms with E-state index in [-0.39, 0.29) is 6.61 Å². The SMILES string of the molecule is CN(CCO)Cc1ccc(OCc2ccccn2)cc1. The topological polar surface area (TPSA) is 45.6 Å². The minimum atomic E-state index is 0.182. The lowest BCUT2D eigenvalue weighted by atomic mass is 10.2. The van der Waals surface area contributed by atoms with E-state index in [1.54, 1.807) is 6.20 Å². The number of aliphatic hydroxyl groups is 1. The Labute approximate surface area is 119 Å². The summed E-state index contributed by atoms with van der Waals surface area (Å²) < 4.78 is 5.68. The molecule has 0 atom stereocenters. The van der Waals surface area contributed by atoms with Gasteiger partial charge in [0.2, 0.25) is 0 Å². The van der Waals surface area contributed by atoms with Crippen LogP contribution < -0.4 is 4.74 Å². The van der Waals surface area contributed by atoms with Crippen LogP contribution >= 0.6 is 0 Å². The van der Waals surface area contributed by atoms with Crippen LogP contribution in [0.15, 0.2) is 48.7 Å². The summed E-state index contributed by atoms with van der Waals surface area (Å²) in [5.41, 5.74) is 2.12. The van der Waals surface area contributed by atoms with Crippen LogP contribution in [0.4, 0.5) is 0 Å². The zero-order valence-electron chi connectivity index (χ0n) is 11.7. The Balaban J connectivity index is 1.85. The summed E-state index contributed by atoms with van der Waals surface area (Å²) in [4.78, 5) is 6.29. The molecule has 0 aliphatic rings. The molecule has 0 aliphatic carbocycles. The number of nitrogens with zero attached hydrogens (tertiary/aromatic N) is 2. The second-order valence-corrected chi connectivity index (χ2v) is 4.72. The number of benzene rings is 1. The average Bonchev–Trinajstić information content (AvgIpc) is 2.48. The maximum absolute atomic E-state index is 8.87. The van der Waals surface area contributed by atoms with Gasteiger partial charge in [0.05, 0.1) is 12.3 Å². The Hall–Kier alpha value is -1.91. The van der Waals surface area contributed by atoms with E-state index in [4.69, 9.17) is 9.84 Å². The zero-order valence-corrected chi connectivity index (χ0v) is 11.7. The van der Waals surface area contributed by atoms with Crippen LogP contribution in [0.2, 0.25) is 0 Å². The summed E-state index contributed by atoms with van der Waals surface area (Å²) in [6.07, 6.45) is 1.76. The van der Waals surface area contributed by atoms with Crippen LogP contribution in [0.1, 0.15) is 11.3 Å². The van der Waals surface area contributed by atoms with Crippen LogP contribution in [0, 0.1) is 0 Å². The minimum absolute atomic E-state index is 0.182. The lowest BCUT2D eigenvalue weighted by Crippen LogP contribution is -2.21. The van der Waals surface area contributed by atoms with Gasteiger partial charge in [-0.05, 0) is 36.9 Å². The minimum Gasteiger partial charge on any atom is -0.487 e. The molecule has 20 heavy (non-hydrogen) atoms. The molecule has 4 heteroatoms. The summed E-state index contributed by atoms with van der Waals surface area (Å²) in [5.74, 6) is 0.837. The Morgan fingerprint density at radius 3 is 2.60 bits per heavy atom. The molecule has 0 spiro atoms. The van der Waals surface area contributed by atoms with E-state index in [1.807, 2.05) is 49.5 Å². The van der Waals surface area contributed by atoms with E-state index in [9.17, 15) is 0 Å². The molecule has 2 aromatic rings. The maximum Gasteiger partial charge on any atom is 0.130 e. The van der Waals surface area contributed by atoms with Crippen LogP contribution in [0.25, 0.3) is 0 Å². The van der Waals surface area contributed by atoms with Gasteiger partial charge in [0.1, 0.15) is 12.4 Å². The predicted octanol–water partition coefficient (Wildman–Crippen LogP) is 2.08. The molecule has 0 radical (unpaired) electrons. The van der Waals surface area contributed by atoms with Crippen molar-refractivity contribution >= 4 is 0 Å². The number of likely N-dealkylation sites (N-methyl/N-ethyl adjacent to an activating group) is 1. The van der Waals surface area contributed by atoms with E-state index in [2.05, 4.69) is 9.88 Å². The van der Waals surface area contributed by atoms with E-state index >= 15 is 0 Å². The maximum atomic E-state index is 8.87. The Morgan fingerprint density at radius 2 is 1.95 bits per heavy atom.